The van der Waals surface area contributed by atoms with Crippen LogP contribution in [0, 0.1) is 0 Å². The van der Waals surface area contributed by atoms with Crippen LogP contribution >= 0.6 is 11.6 Å². The second kappa shape index (κ2) is 19.3. The Balaban J connectivity index is 1.92. The Morgan fingerprint density at radius 2 is 1.83 bits per heavy atom. The second-order valence-corrected chi connectivity index (χ2v) is 10.3. The van der Waals surface area contributed by atoms with E-state index in [0.717, 1.165) is 11.1 Å². The van der Waals surface area contributed by atoms with E-state index in [1.54, 1.807) is 31.5 Å². The summed E-state index contributed by atoms with van der Waals surface area (Å²) < 4.78 is 15.7. The molecule has 3 unspecified atom stereocenters. The smallest absolute Gasteiger partial charge is 0.373 e. The first-order valence-corrected chi connectivity index (χ1v) is 14.2. The van der Waals surface area contributed by atoms with Crippen molar-refractivity contribution in [2.45, 2.75) is 64.2 Å². The number of carbonyl (C=O) groups is 3. The van der Waals surface area contributed by atoms with E-state index < -0.39 is 12.0 Å². The number of benzene rings is 1. The van der Waals surface area contributed by atoms with E-state index in [9.17, 15) is 14.4 Å². The molecule has 0 aliphatic carbocycles. The summed E-state index contributed by atoms with van der Waals surface area (Å²) in [5.74, 6) is -0.936. The Morgan fingerprint density at radius 1 is 1.10 bits per heavy atom. The van der Waals surface area contributed by atoms with Gasteiger partial charge in [-0.25, -0.2) is 4.79 Å². The average Bonchev–Trinajstić information content (AvgIpc) is 2.98. The zero-order chi connectivity index (χ0) is 30.7. The van der Waals surface area contributed by atoms with Gasteiger partial charge in [0.2, 0.25) is 11.8 Å². The highest BCUT2D eigenvalue weighted by atomic mass is 35.5. The number of ether oxygens (including phenoxy) is 3. The molecule has 2 N–H and O–H groups in total. The minimum Gasteiger partial charge on any atom is -0.490 e. The van der Waals surface area contributed by atoms with Crippen LogP contribution < -0.4 is 10.6 Å². The molecule has 0 radical (unpaired) electrons. The molecule has 3 atom stereocenters. The number of methoxy groups -OCH3 is 2. The van der Waals surface area contributed by atoms with E-state index in [-0.39, 0.29) is 29.8 Å². The van der Waals surface area contributed by atoms with Gasteiger partial charge in [0.05, 0.1) is 13.2 Å². The van der Waals surface area contributed by atoms with Crippen LogP contribution in [-0.4, -0.2) is 50.3 Å². The van der Waals surface area contributed by atoms with Crippen molar-refractivity contribution in [1.29, 1.82) is 0 Å². The molecule has 0 saturated carbocycles. The van der Waals surface area contributed by atoms with Gasteiger partial charge in [-0.3, -0.25) is 9.59 Å². The number of halogens is 1. The van der Waals surface area contributed by atoms with E-state index in [1.165, 1.54) is 13.2 Å². The number of carbonyl (C=O) groups excluding carboxylic acids is 3. The molecule has 2 rings (SSSR count). The lowest BCUT2D eigenvalue weighted by molar-refractivity contribution is -0.149. The predicted molar refractivity (Wildman–Crippen MR) is 165 cm³/mol. The molecule has 42 heavy (non-hydrogen) atoms. The monoisotopic (exact) mass is 596 g/mol. The van der Waals surface area contributed by atoms with Crippen molar-refractivity contribution in [2.24, 2.45) is 0 Å². The Morgan fingerprint density at radius 3 is 2.50 bits per heavy atom. The molecular formula is C33H41ClN2O6. The second-order valence-electron chi connectivity index (χ2n) is 9.72. The molecule has 0 spiro atoms. The fourth-order valence-electron chi connectivity index (χ4n) is 3.95. The summed E-state index contributed by atoms with van der Waals surface area (Å²) >= 11 is 5.90. The average molecular weight is 597 g/mol. The van der Waals surface area contributed by atoms with E-state index in [2.05, 4.69) is 10.6 Å². The predicted octanol–water partition coefficient (Wildman–Crippen LogP) is 5.58. The van der Waals surface area contributed by atoms with Crippen molar-refractivity contribution < 1.29 is 28.6 Å². The number of allylic oxidation sites excluding steroid dienone is 5. The van der Waals surface area contributed by atoms with Crippen molar-refractivity contribution in [3.63, 3.8) is 0 Å². The molecule has 1 aliphatic rings. The summed E-state index contributed by atoms with van der Waals surface area (Å²) in [6.45, 7) is 3.73. The van der Waals surface area contributed by atoms with Gasteiger partial charge in [0.1, 0.15) is 12.1 Å². The summed E-state index contributed by atoms with van der Waals surface area (Å²) in [6, 6.07) is 8.72. The maximum atomic E-state index is 13.0. The zero-order valence-electron chi connectivity index (χ0n) is 24.7. The number of rotatable bonds is 16. The molecule has 226 valence electrons. The van der Waals surface area contributed by atoms with E-state index in [1.807, 2.05) is 68.5 Å². The number of esters is 1. The fraction of sp³-hybridized carbons (Fsp3) is 0.364. The van der Waals surface area contributed by atoms with Gasteiger partial charge in [0, 0.05) is 37.5 Å². The third-order valence-corrected chi connectivity index (χ3v) is 6.49. The lowest BCUT2D eigenvalue weighted by Gasteiger charge is -2.20. The van der Waals surface area contributed by atoms with Gasteiger partial charge < -0.3 is 24.8 Å². The minimum absolute atomic E-state index is 0.0607. The zero-order valence-corrected chi connectivity index (χ0v) is 25.4. The summed E-state index contributed by atoms with van der Waals surface area (Å²) in [5, 5.41) is 6.26. The van der Waals surface area contributed by atoms with Gasteiger partial charge in [-0.15, -0.1) is 0 Å². The largest absolute Gasteiger partial charge is 0.490 e. The van der Waals surface area contributed by atoms with Crippen LogP contribution in [0.1, 0.15) is 45.1 Å². The third kappa shape index (κ3) is 13.7. The van der Waals surface area contributed by atoms with Gasteiger partial charge >= 0.3 is 5.97 Å². The van der Waals surface area contributed by atoms with Gasteiger partial charge in [-0.05, 0) is 44.5 Å². The first kappa shape index (κ1) is 34.3. The van der Waals surface area contributed by atoms with Crippen molar-refractivity contribution in [2.75, 3.05) is 14.2 Å². The summed E-state index contributed by atoms with van der Waals surface area (Å²) in [6.07, 6.45) is 18.0. The molecule has 0 fully saturated rings. The number of nitrogens with one attached hydrogen (secondary N) is 2. The van der Waals surface area contributed by atoms with Gasteiger partial charge in [0.25, 0.3) is 0 Å². The quantitative estimate of drug-likeness (QED) is 0.147. The maximum Gasteiger partial charge on any atom is 0.373 e. The Kier molecular flexibility index (Phi) is 15.8. The maximum absolute atomic E-state index is 13.0. The first-order valence-electron chi connectivity index (χ1n) is 13.8. The molecule has 9 heteroatoms. The fourth-order valence-corrected chi connectivity index (χ4v) is 4.04. The number of hydrogen-bond donors (Lipinski definition) is 2. The molecular weight excluding hydrogens is 556 g/mol. The summed E-state index contributed by atoms with van der Waals surface area (Å²) in [5.41, 5.74) is 1.88. The van der Waals surface area contributed by atoms with Crippen molar-refractivity contribution >= 4 is 29.4 Å². The molecule has 0 aromatic heterocycles. The number of hydrogen-bond acceptors (Lipinski definition) is 6. The molecule has 0 saturated heterocycles. The molecule has 0 bridgehead atoms. The van der Waals surface area contributed by atoms with Crippen LogP contribution in [0.25, 0.3) is 0 Å². The Hall–Kier alpha value is -3.88. The van der Waals surface area contributed by atoms with Crippen LogP contribution in [-0.2, 0) is 35.0 Å². The van der Waals surface area contributed by atoms with Gasteiger partial charge in [-0.1, -0.05) is 84.0 Å². The van der Waals surface area contributed by atoms with Crippen LogP contribution in [0.3, 0.4) is 0 Å². The standard InChI is InChI=1S/C33H41ClN2O6/c1-24(16-18-28-20-21-30(41-4)33(39)42-28)11-8-9-15-31(37)36-29(23-26-12-6-5-7-13-26)32(38)35-22-10-14-27(40-3)19-17-25(2)34/h5-13,15-17,21-22,27-29H,14,18-20,23H2,1-4H3,(H,35,38)(H,36,37)/b11-8-,15-9-,22-10-,24-16+,25-17+. The van der Waals surface area contributed by atoms with Crippen LogP contribution in [0.5, 0.6) is 0 Å². The molecule has 1 aromatic carbocycles. The van der Waals surface area contributed by atoms with Gasteiger partial charge in [-0.2, -0.15) is 0 Å². The van der Waals surface area contributed by atoms with Crippen LogP contribution in [0.15, 0.2) is 102 Å². The Bertz CT molecular complexity index is 1210. The van der Waals surface area contributed by atoms with E-state index in [0.29, 0.717) is 37.1 Å². The normalized spacial score (nSPS) is 17.7. The number of amides is 2. The highest BCUT2D eigenvalue weighted by molar-refractivity contribution is 6.29. The van der Waals surface area contributed by atoms with Crippen molar-refractivity contribution in [3.8, 4) is 0 Å². The molecule has 8 nitrogen and oxygen atoms in total. The molecule has 1 aliphatic heterocycles. The minimum atomic E-state index is -0.772. The third-order valence-electron chi connectivity index (χ3n) is 6.33. The van der Waals surface area contributed by atoms with Crippen LogP contribution in [0.2, 0.25) is 0 Å². The topological polar surface area (TPSA) is 103 Å². The first-order chi connectivity index (χ1) is 20.2. The highest BCUT2D eigenvalue weighted by Crippen LogP contribution is 2.18. The van der Waals surface area contributed by atoms with Crippen LogP contribution in [0.4, 0.5) is 0 Å². The van der Waals surface area contributed by atoms with E-state index >= 15 is 0 Å². The SMILES string of the molecule is COC1=CCC(C/C=C(C)/C=C\C=C/C(=O)NC(Cc2ccccc2)C(=O)N/C=C\CC(C/C=C(\C)Cl)OC)OC1=O. The summed E-state index contributed by atoms with van der Waals surface area (Å²) in [7, 11) is 3.07. The molecule has 1 heterocycles. The van der Waals surface area contributed by atoms with Gasteiger partial charge in [0.15, 0.2) is 5.76 Å². The number of cyclic esters (lactones) is 1. The highest BCUT2D eigenvalue weighted by Gasteiger charge is 2.23. The Labute approximate surface area is 253 Å². The van der Waals surface area contributed by atoms with Crippen molar-refractivity contribution in [3.05, 3.63) is 107 Å². The molecule has 1 aromatic rings. The molecule has 2 amide bonds. The van der Waals surface area contributed by atoms with Crippen molar-refractivity contribution in [1.82, 2.24) is 10.6 Å². The lowest BCUT2D eigenvalue weighted by atomic mass is 10.1. The van der Waals surface area contributed by atoms with E-state index in [4.69, 9.17) is 25.8 Å². The summed E-state index contributed by atoms with van der Waals surface area (Å²) in [4.78, 5) is 37.4. The lowest BCUT2D eigenvalue weighted by Crippen LogP contribution is -2.46.